The zero-order valence-electron chi connectivity index (χ0n) is 10.8. The lowest BCUT2D eigenvalue weighted by Crippen LogP contribution is -2.17. The normalized spacial score (nSPS) is 22.0. The van der Waals surface area contributed by atoms with Gasteiger partial charge in [-0.05, 0) is 59.8 Å². The smallest absolute Gasteiger partial charge is 0.138 e. The van der Waals surface area contributed by atoms with Crippen LogP contribution in [0.5, 0.6) is 5.75 Å². The van der Waals surface area contributed by atoms with Gasteiger partial charge in [0.2, 0.25) is 0 Å². The molecule has 1 N–H and O–H groups in total. The monoisotopic (exact) mass is 375 g/mol. The van der Waals surface area contributed by atoms with Crippen LogP contribution in [-0.4, -0.2) is 13.2 Å². The highest BCUT2D eigenvalue weighted by atomic mass is 79.9. The maximum Gasteiger partial charge on any atom is 0.138 e. The van der Waals surface area contributed by atoms with Crippen molar-refractivity contribution in [2.24, 2.45) is 11.8 Å². The van der Waals surface area contributed by atoms with Crippen LogP contribution in [0, 0.1) is 11.8 Å². The van der Waals surface area contributed by atoms with Gasteiger partial charge in [-0.1, -0.05) is 22.9 Å². The highest BCUT2D eigenvalue weighted by Crippen LogP contribution is 2.37. The van der Waals surface area contributed by atoms with E-state index in [9.17, 15) is 0 Å². The van der Waals surface area contributed by atoms with Crippen molar-refractivity contribution in [3.8, 4) is 5.75 Å². The first-order valence-corrected chi connectivity index (χ1v) is 8.01. The van der Waals surface area contributed by atoms with Gasteiger partial charge in [-0.2, -0.15) is 0 Å². The molecule has 1 aliphatic carbocycles. The lowest BCUT2D eigenvalue weighted by Gasteiger charge is -2.13. The average Bonchev–Trinajstić information content (AvgIpc) is 2.99. The van der Waals surface area contributed by atoms with Gasteiger partial charge in [-0.25, -0.2) is 0 Å². The minimum absolute atomic E-state index is 0.687. The van der Waals surface area contributed by atoms with Crippen LogP contribution < -0.4 is 10.1 Å². The number of nitrogens with one attached hydrogen (secondary N) is 1. The van der Waals surface area contributed by atoms with Gasteiger partial charge in [-0.15, -0.1) is 0 Å². The Morgan fingerprint density at radius 1 is 1.39 bits per heavy atom. The molecule has 2 unspecified atom stereocenters. The van der Waals surface area contributed by atoms with Crippen molar-refractivity contribution in [1.82, 2.24) is 5.32 Å². The van der Waals surface area contributed by atoms with Gasteiger partial charge < -0.3 is 10.1 Å². The summed E-state index contributed by atoms with van der Waals surface area (Å²) in [6, 6.07) is 4.15. The van der Waals surface area contributed by atoms with Crippen LogP contribution in [-0.2, 0) is 6.54 Å². The summed E-state index contributed by atoms with van der Waals surface area (Å²) in [5, 5.41) is 3.53. The summed E-state index contributed by atoms with van der Waals surface area (Å²) in [5.74, 6) is 2.73. The first kappa shape index (κ1) is 14.4. The van der Waals surface area contributed by atoms with Crippen LogP contribution in [0.15, 0.2) is 21.1 Å². The van der Waals surface area contributed by atoms with Gasteiger partial charge in [-0.3, -0.25) is 0 Å². The van der Waals surface area contributed by atoms with Gasteiger partial charge >= 0.3 is 0 Å². The van der Waals surface area contributed by atoms with Gasteiger partial charge in [0.1, 0.15) is 5.75 Å². The number of hydrogen-bond acceptors (Lipinski definition) is 2. The summed E-state index contributed by atoms with van der Waals surface area (Å²) in [6.45, 7) is 6.98. The average molecular weight is 377 g/mol. The van der Waals surface area contributed by atoms with E-state index in [-0.39, 0.29) is 0 Å². The van der Waals surface area contributed by atoms with Crippen molar-refractivity contribution < 1.29 is 4.74 Å². The summed E-state index contributed by atoms with van der Waals surface area (Å²) < 4.78 is 7.80. The second-order valence-electron chi connectivity index (χ2n) is 4.91. The van der Waals surface area contributed by atoms with Crippen LogP contribution in [0.4, 0.5) is 0 Å². The van der Waals surface area contributed by atoms with E-state index in [2.05, 4.69) is 50.2 Å². The van der Waals surface area contributed by atoms with Crippen molar-refractivity contribution in [3.05, 3.63) is 26.6 Å². The van der Waals surface area contributed by atoms with E-state index in [0.717, 1.165) is 39.6 Å². The summed E-state index contributed by atoms with van der Waals surface area (Å²) in [7, 11) is 0. The van der Waals surface area contributed by atoms with E-state index >= 15 is 0 Å². The predicted molar refractivity (Wildman–Crippen MR) is 82.0 cm³/mol. The standard InChI is InChI=1S/C14H19Br2NO/c1-3-18-14-11(5-12(15)6-13(14)16)8-17-7-10-4-9(10)2/h5-6,9-10,17H,3-4,7-8H2,1-2H3. The Hall–Kier alpha value is -0.0600. The van der Waals surface area contributed by atoms with Gasteiger partial charge in [0.15, 0.2) is 0 Å². The number of benzene rings is 1. The zero-order valence-corrected chi connectivity index (χ0v) is 14.0. The molecular formula is C14H19Br2NO. The molecule has 0 bridgehead atoms. The quantitative estimate of drug-likeness (QED) is 0.796. The Morgan fingerprint density at radius 3 is 2.72 bits per heavy atom. The topological polar surface area (TPSA) is 21.3 Å². The summed E-state index contributed by atoms with van der Waals surface area (Å²) in [6.07, 6.45) is 1.37. The summed E-state index contributed by atoms with van der Waals surface area (Å²) >= 11 is 7.09. The third-order valence-electron chi connectivity index (χ3n) is 3.37. The Kier molecular flexibility index (Phi) is 5.10. The maximum absolute atomic E-state index is 5.71. The lowest BCUT2D eigenvalue weighted by atomic mass is 10.2. The molecular weight excluding hydrogens is 358 g/mol. The van der Waals surface area contributed by atoms with Gasteiger partial charge in [0.05, 0.1) is 11.1 Å². The SMILES string of the molecule is CCOc1c(Br)cc(Br)cc1CNCC1CC1C. The fourth-order valence-corrected chi connectivity index (χ4v) is 3.55. The molecule has 0 amide bonds. The van der Waals surface area contributed by atoms with Crippen LogP contribution in [0.25, 0.3) is 0 Å². The first-order chi connectivity index (χ1) is 8.61. The molecule has 1 aromatic carbocycles. The second kappa shape index (κ2) is 6.40. The third-order valence-corrected chi connectivity index (χ3v) is 4.42. The van der Waals surface area contributed by atoms with E-state index in [4.69, 9.17) is 4.74 Å². The van der Waals surface area contributed by atoms with E-state index in [1.165, 1.54) is 12.0 Å². The van der Waals surface area contributed by atoms with Crippen LogP contribution in [0.1, 0.15) is 25.8 Å². The van der Waals surface area contributed by atoms with Gasteiger partial charge in [0.25, 0.3) is 0 Å². The fourth-order valence-electron chi connectivity index (χ4n) is 2.13. The maximum atomic E-state index is 5.71. The molecule has 1 aromatic rings. The molecule has 2 rings (SSSR count). The van der Waals surface area contributed by atoms with Crippen LogP contribution in [0.3, 0.4) is 0 Å². The van der Waals surface area contributed by atoms with Crippen LogP contribution >= 0.6 is 31.9 Å². The Morgan fingerprint density at radius 2 is 2.11 bits per heavy atom. The van der Waals surface area contributed by atoms with E-state index in [0.29, 0.717) is 6.61 Å². The molecule has 0 saturated heterocycles. The fraction of sp³-hybridized carbons (Fsp3) is 0.571. The van der Waals surface area contributed by atoms with Crippen molar-refractivity contribution >= 4 is 31.9 Å². The predicted octanol–water partition coefficient (Wildman–Crippen LogP) is 4.36. The molecule has 2 atom stereocenters. The first-order valence-electron chi connectivity index (χ1n) is 6.43. The Balaban J connectivity index is 2.00. The zero-order chi connectivity index (χ0) is 13.1. The number of ether oxygens (including phenoxy) is 1. The molecule has 1 fully saturated rings. The Labute approximate surface area is 126 Å². The van der Waals surface area contributed by atoms with Crippen LogP contribution in [0.2, 0.25) is 0 Å². The van der Waals surface area contributed by atoms with Crippen molar-refractivity contribution in [2.45, 2.75) is 26.8 Å². The Bertz CT molecular complexity index is 423. The van der Waals surface area contributed by atoms with E-state index in [1.54, 1.807) is 0 Å². The van der Waals surface area contributed by atoms with E-state index in [1.807, 2.05) is 13.0 Å². The highest BCUT2D eigenvalue weighted by molar-refractivity contribution is 9.11. The highest BCUT2D eigenvalue weighted by Gasteiger charge is 2.31. The molecule has 100 valence electrons. The van der Waals surface area contributed by atoms with Crippen molar-refractivity contribution in [2.75, 3.05) is 13.2 Å². The minimum Gasteiger partial charge on any atom is -0.492 e. The molecule has 0 radical (unpaired) electrons. The molecule has 1 saturated carbocycles. The number of hydrogen-bond donors (Lipinski definition) is 1. The van der Waals surface area contributed by atoms with Gasteiger partial charge in [0, 0.05) is 16.6 Å². The number of halogens is 2. The lowest BCUT2D eigenvalue weighted by molar-refractivity contribution is 0.333. The molecule has 18 heavy (non-hydrogen) atoms. The number of rotatable bonds is 6. The molecule has 0 aromatic heterocycles. The van der Waals surface area contributed by atoms with Crippen molar-refractivity contribution in [1.29, 1.82) is 0 Å². The largest absolute Gasteiger partial charge is 0.492 e. The van der Waals surface area contributed by atoms with Crippen molar-refractivity contribution in [3.63, 3.8) is 0 Å². The molecule has 0 spiro atoms. The molecule has 1 aliphatic rings. The molecule has 2 nitrogen and oxygen atoms in total. The summed E-state index contributed by atoms with van der Waals surface area (Å²) in [4.78, 5) is 0. The summed E-state index contributed by atoms with van der Waals surface area (Å²) in [5.41, 5.74) is 1.20. The minimum atomic E-state index is 0.687. The molecule has 0 aliphatic heterocycles. The third kappa shape index (κ3) is 3.72. The molecule has 0 heterocycles. The molecule has 4 heteroatoms. The second-order valence-corrected chi connectivity index (χ2v) is 6.68. The van der Waals surface area contributed by atoms with E-state index < -0.39 is 0 Å².